The molecule has 1 aromatic carbocycles. The molecule has 0 fully saturated rings. The number of hydrogen-bond donors (Lipinski definition) is 1. The molecule has 0 aliphatic heterocycles. The Morgan fingerprint density at radius 2 is 2.06 bits per heavy atom. The maximum atomic E-state index is 11.5. The molecule has 1 aromatic rings. The normalized spacial score (nSPS) is 11.6. The number of nitrogens with one attached hydrogen (secondary N) is 1. The zero-order valence-corrected chi connectivity index (χ0v) is 11.1. The summed E-state index contributed by atoms with van der Waals surface area (Å²) in [6, 6.07) is 4.89. The molecule has 0 aliphatic carbocycles. The lowest BCUT2D eigenvalue weighted by molar-refractivity contribution is -0.143. The summed E-state index contributed by atoms with van der Waals surface area (Å²) in [5.41, 5.74) is 0.692. The van der Waals surface area contributed by atoms with Crippen molar-refractivity contribution in [1.82, 2.24) is 0 Å². The van der Waals surface area contributed by atoms with Gasteiger partial charge in [-0.05, 0) is 26.0 Å². The summed E-state index contributed by atoms with van der Waals surface area (Å²) in [5, 5.41) is 3.04. The van der Waals surface area contributed by atoms with Crippen molar-refractivity contribution < 1.29 is 19.0 Å². The zero-order chi connectivity index (χ0) is 13.5. The van der Waals surface area contributed by atoms with E-state index in [9.17, 15) is 4.79 Å². The fraction of sp³-hybridized carbons (Fsp3) is 0.462. The second-order valence-corrected chi connectivity index (χ2v) is 3.68. The highest BCUT2D eigenvalue weighted by Gasteiger charge is 2.16. The van der Waals surface area contributed by atoms with Gasteiger partial charge in [-0.1, -0.05) is 0 Å². The van der Waals surface area contributed by atoms with Crippen LogP contribution in [0.15, 0.2) is 18.2 Å². The van der Waals surface area contributed by atoms with Gasteiger partial charge in [0.1, 0.15) is 17.5 Å². The zero-order valence-electron chi connectivity index (χ0n) is 11.1. The SMILES string of the molecule is CCOC(=O)C(C)Nc1cc(OC)ccc1OC. The molecule has 0 spiro atoms. The molecule has 0 saturated heterocycles. The number of carbonyl (C=O) groups is 1. The first-order valence-corrected chi connectivity index (χ1v) is 5.77. The van der Waals surface area contributed by atoms with Crippen LogP contribution in [0.3, 0.4) is 0 Å². The Labute approximate surface area is 107 Å². The van der Waals surface area contributed by atoms with Gasteiger partial charge in [-0.15, -0.1) is 0 Å². The average molecular weight is 253 g/mol. The number of esters is 1. The number of benzene rings is 1. The second-order valence-electron chi connectivity index (χ2n) is 3.68. The van der Waals surface area contributed by atoms with Crippen molar-refractivity contribution in [2.75, 3.05) is 26.1 Å². The van der Waals surface area contributed by atoms with E-state index in [2.05, 4.69) is 5.32 Å². The van der Waals surface area contributed by atoms with E-state index in [0.29, 0.717) is 23.8 Å². The molecule has 18 heavy (non-hydrogen) atoms. The highest BCUT2D eigenvalue weighted by atomic mass is 16.5. The molecule has 0 amide bonds. The highest BCUT2D eigenvalue weighted by Crippen LogP contribution is 2.29. The number of anilines is 1. The molecule has 1 atom stereocenters. The van der Waals surface area contributed by atoms with E-state index in [-0.39, 0.29) is 5.97 Å². The first kappa shape index (κ1) is 14.2. The molecule has 5 nitrogen and oxygen atoms in total. The van der Waals surface area contributed by atoms with Crippen LogP contribution >= 0.6 is 0 Å². The van der Waals surface area contributed by atoms with Gasteiger partial charge >= 0.3 is 5.97 Å². The van der Waals surface area contributed by atoms with Crippen LogP contribution in [0.4, 0.5) is 5.69 Å². The van der Waals surface area contributed by atoms with Gasteiger partial charge in [-0.3, -0.25) is 0 Å². The van der Waals surface area contributed by atoms with Crippen LogP contribution in [0.1, 0.15) is 13.8 Å². The van der Waals surface area contributed by atoms with E-state index in [1.54, 1.807) is 46.3 Å². The molecule has 0 heterocycles. The van der Waals surface area contributed by atoms with Crippen molar-refractivity contribution in [3.63, 3.8) is 0 Å². The van der Waals surface area contributed by atoms with Gasteiger partial charge in [-0.25, -0.2) is 4.79 Å². The summed E-state index contributed by atoms with van der Waals surface area (Å²) in [6.07, 6.45) is 0. The Balaban J connectivity index is 2.84. The third kappa shape index (κ3) is 3.55. The monoisotopic (exact) mass is 253 g/mol. The number of ether oxygens (including phenoxy) is 3. The van der Waals surface area contributed by atoms with Gasteiger partial charge in [0, 0.05) is 6.07 Å². The van der Waals surface area contributed by atoms with Crippen LogP contribution in [0.2, 0.25) is 0 Å². The summed E-state index contributed by atoms with van der Waals surface area (Å²) >= 11 is 0. The molecule has 0 aliphatic rings. The van der Waals surface area contributed by atoms with Crippen LogP contribution < -0.4 is 14.8 Å². The average Bonchev–Trinajstić information content (AvgIpc) is 2.38. The van der Waals surface area contributed by atoms with E-state index >= 15 is 0 Å². The lowest BCUT2D eigenvalue weighted by Crippen LogP contribution is -2.28. The number of rotatable bonds is 6. The first-order chi connectivity index (χ1) is 8.62. The predicted molar refractivity (Wildman–Crippen MR) is 69.3 cm³/mol. The smallest absolute Gasteiger partial charge is 0.328 e. The minimum Gasteiger partial charge on any atom is -0.497 e. The Morgan fingerprint density at radius 3 is 2.61 bits per heavy atom. The van der Waals surface area contributed by atoms with Crippen LogP contribution in [0.25, 0.3) is 0 Å². The number of methoxy groups -OCH3 is 2. The fourth-order valence-electron chi connectivity index (χ4n) is 1.49. The van der Waals surface area contributed by atoms with Gasteiger partial charge in [0.15, 0.2) is 0 Å². The van der Waals surface area contributed by atoms with Crippen molar-refractivity contribution in [3.8, 4) is 11.5 Å². The summed E-state index contributed by atoms with van der Waals surface area (Å²) in [7, 11) is 3.16. The lowest BCUT2D eigenvalue weighted by atomic mass is 10.2. The van der Waals surface area contributed by atoms with Gasteiger partial charge in [-0.2, -0.15) is 0 Å². The molecule has 0 saturated carbocycles. The largest absolute Gasteiger partial charge is 0.497 e. The number of carbonyl (C=O) groups excluding carboxylic acids is 1. The number of hydrogen-bond acceptors (Lipinski definition) is 5. The van der Waals surface area contributed by atoms with Crippen molar-refractivity contribution in [1.29, 1.82) is 0 Å². The van der Waals surface area contributed by atoms with Crippen molar-refractivity contribution in [2.45, 2.75) is 19.9 Å². The summed E-state index contributed by atoms with van der Waals surface area (Å²) < 4.78 is 15.3. The minimum atomic E-state index is -0.453. The molecule has 0 aromatic heterocycles. The molecule has 1 rings (SSSR count). The topological polar surface area (TPSA) is 56.8 Å². The fourth-order valence-corrected chi connectivity index (χ4v) is 1.49. The Bertz CT molecular complexity index is 406. The van der Waals surface area contributed by atoms with Gasteiger partial charge in [0.2, 0.25) is 0 Å². The predicted octanol–water partition coefficient (Wildman–Crippen LogP) is 2.07. The van der Waals surface area contributed by atoms with E-state index in [1.807, 2.05) is 0 Å². The van der Waals surface area contributed by atoms with E-state index in [4.69, 9.17) is 14.2 Å². The summed E-state index contributed by atoms with van der Waals surface area (Å²) in [5.74, 6) is 1.03. The molecule has 1 N–H and O–H groups in total. The maximum Gasteiger partial charge on any atom is 0.328 e. The standard InChI is InChI=1S/C13H19NO4/c1-5-18-13(15)9(2)14-11-8-10(16-3)6-7-12(11)17-4/h6-9,14H,5H2,1-4H3. The van der Waals surface area contributed by atoms with Crippen molar-refractivity contribution >= 4 is 11.7 Å². The quantitative estimate of drug-likeness (QED) is 0.786. The Hall–Kier alpha value is -1.91. The van der Waals surface area contributed by atoms with Crippen molar-refractivity contribution in [3.05, 3.63) is 18.2 Å². The second kappa shape index (κ2) is 6.74. The molecule has 5 heteroatoms. The molecular formula is C13H19NO4. The van der Waals surface area contributed by atoms with Crippen LogP contribution in [-0.2, 0) is 9.53 Å². The third-order valence-corrected chi connectivity index (χ3v) is 2.42. The van der Waals surface area contributed by atoms with Crippen LogP contribution in [0.5, 0.6) is 11.5 Å². The molecular weight excluding hydrogens is 234 g/mol. The molecule has 100 valence electrons. The Morgan fingerprint density at radius 1 is 1.33 bits per heavy atom. The highest BCUT2D eigenvalue weighted by molar-refractivity contribution is 5.79. The summed E-state index contributed by atoms with van der Waals surface area (Å²) in [6.45, 7) is 3.87. The minimum absolute atomic E-state index is 0.303. The summed E-state index contributed by atoms with van der Waals surface area (Å²) in [4.78, 5) is 11.5. The third-order valence-electron chi connectivity index (χ3n) is 2.42. The van der Waals surface area contributed by atoms with Gasteiger partial charge in [0.05, 0.1) is 26.5 Å². The lowest BCUT2D eigenvalue weighted by Gasteiger charge is -2.17. The van der Waals surface area contributed by atoms with Crippen LogP contribution in [0, 0.1) is 0 Å². The van der Waals surface area contributed by atoms with Gasteiger partial charge < -0.3 is 19.5 Å². The molecule has 1 unspecified atom stereocenters. The maximum absolute atomic E-state index is 11.5. The van der Waals surface area contributed by atoms with E-state index in [1.165, 1.54) is 0 Å². The first-order valence-electron chi connectivity index (χ1n) is 5.77. The Kier molecular flexibility index (Phi) is 5.30. The van der Waals surface area contributed by atoms with Gasteiger partial charge in [0.25, 0.3) is 0 Å². The molecule has 0 radical (unpaired) electrons. The van der Waals surface area contributed by atoms with E-state index in [0.717, 1.165) is 0 Å². The molecule has 0 bridgehead atoms. The van der Waals surface area contributed by atoms with E-state index < -0.39 is 6.04 Å². The van der Waals surface area contributed by atoms with Crippen molar-refractivity contribution in [2.24, 2.45) is 0 Å². The van der Waals surface area contributed by atoms with Crippen LogP contribution in [-0.4, -0.2) is 32.8 Å².